The summed E-state index contributed by atoms with van der Waals surface area (Å²) in [6.07, 6.45) is -0.00858. The van der Waals surface area contributed by atoms with Crippen LogP contribution in [0.15, 0.2) is 83.8 Å². The van der Waals surface area contributed by atoms with E-state index in [-0.39, 0.29) is 22.0 Å². The molecule has 0 saturated heterocycles. The molecule has 9 heteroatoms. The van der Waals surface area contributed by atoms with Gasteiger partial charge in [-0.1, -0.05) is 24.3 Å². The summed E-state index contributed by atoms with van der Waals surface area (Å²) in [6.45, 7) is 3.81. The quantitative estimate of drug-likeness (QED) is 0.444. The molecule has 166 valence electrons. The van der Waals surface area contributed by atoms with Crippen molar-refractivity contribution in [1.82, 2.24) is 5.32 Å². The molecule has 3 aromatic rings. The third-order valence-corrected chi connectivity index (χ3v) is 5.74. The van der Waals surface area contributed by atoms with Crippen molar-refractivity contribution in [2.24, 2.45) is 0 Å². The molecule has 0 aliphatic rings. The topological polar surface area (TPSA) is 96.5 Å². The fraction of sp³-hybridized carbons (Fsp3) is 0.130. The lowest BCUT2D eigenvalue weighted by Gasteiger charge is -2.13. The SMILES string of the molecule is CC(C)Oc1cccc(C(=O)NC(=S)Nc2ccc(S(=O)(=O)Nc3ccccc3)cc2)c1. The molecule has 0 bridgehead atoms. The summed E-state index contributed by atoms with van der Waals surface area (Å²) in [4.78, 5) is 12.6. The molecule has 0 saturated carbocycles. The van der Waals surface area contributed by atoms with Crippen molar-refractivity contribution in [3.63, 3.8) is 0 Å². The number of benzene rings is 3. The van der Waals surface area contributed by atoms with E-state index >= 15 is 0 Å². The minimum Gasteiger partial charge on any atom is -0.491 e. The van der Waals surface area contributed by atoms with Gasteiger partial charge in [-0.3, -0.25) is 14.8 Å². The molecule has 7 nitrogen and oxygen atoms in total. The lowest BCUT2D eigenvalue weighted by Crippen LogP contribution is -2.34. The second kappa shape index (κ2) is 10.3. The van der Waals surface area contributed by atoms with Gasteiger partial charge in [-0.05, 0) is 80.7 Å². The molecule has 0 spiro atoms. The number of hydrogen-bond donors (Lipinski definition) is 3. The molecule has 3 N–H and O–H groups in total. The maximum absolute atomic E-state index is 12.5. The highest BCUT2D eigenvalue weighted by molar-refractivity contribution is 7.92. The van der Waals surface area contributed by atoms with Crippen molar-refractivity contribution in [1.29, 1.82) is 0 Å². The normalized spacial score (nSPS) is 11.0. The Balaban J connectivity index is 1.60. The van der Waals surface area contributed by atoms with Crippen LogP contribution in [0.5, 0.6) is 5.75 Å². The van der Waals surface area contributed by atoms with Gasteiger partial charge in [0, 0.05) is 16.9 Å². The maximum atomic E-state index is 12.5. The molecular formula is C23H23N3O4S2. The fourth-order valence-corrected chi connectivity index (χ4v) is 4.03. The first-order chi connectivity index (χ1) is 15.2. The first-order valence-corrected chi connectivity index (χ1v) is 11.7. The van der Waals surface area contributed by atoms with Gasteiger partial charge in [-0.25, -0.2) is 8.42 Å². The van der Waals surface area contributed by atoms with Crippen LogP contribution in [0.25, 0.3) is 0 Å². The minimum absolute atomic E-state index is 0.00858. The first kappa shape index (κ1) is 23.2. The second-order valence-corrected chi connectivity index (χ2v) is 9.19. The van der Waals surface area contributed by atoms with Crippen LogP contribution in [0.4, 0.5) is 11.4 Å². The standard InChI is InChI=1S/C23H23N3O4S2/c1-16(2)30-20-10-6-7-17(15-20)22(27)25-23(31)24-18-11-13-21(14-12-18)32(28,29)26-19-8-4-3-5-9-19/h3-16,26H,1-2H3,(H2,24,25,27,31). The summed E-state index contributed by atoms with van der Waals surface area (Å²) in [5.74, 6) is 0.204. The Morgan fingerprint density at radius 2 is 1.59 bits per heavy atom. The van der Waals surface area contributed by atoms with Crippen LogP contribution in [0.1, 0.15) is 24.2 Å². The Morgan fingerprint density at radius 1 is 0.906 bits per heavy atom. The number of rotatable bonds is 7. The van der Waals surface area contributed by atoms with Crippen molar-refractivity contribution < 1.29 is 17.9 Å². The molecule has 0 radical (unpaired) electrons. The molecule has 0 heterocycles. The van der Waals surface area contributed by atoms with Gasteiger partial charge in [-0.2, -0.15) is 0 Å². The number of hydrogen-bond acceptors (Lipinski definition) is 5. The van der Waals surface area contributed by atoms with Crippen LogP contribution < -0.4 is 20.1 Å². The highest BCUT2D eigenvalue weighted by Crippen LogP contribution is 2.18. The van der Waals surface area contributed by atoms with Gasteiger partial charge in [0.05, 0.1) is 11.0 Å². The van der Waals surface area contributed by atoms with E-state index in [4.69, 9.17) is 17.0 Å². The Bertz CT molecular complexity index is 1200. The lowest BCUT2D eigenvalue weighted by molar-refractivity contribution is 0.0977. The Hall–Kier alpha value is -3.43. The van der Waals surface area contributed by atoms with Crippen molar-refractivity contribution in [3.05, 3.63) is 84.4 Å². The lowest BCUT2D eigenvalue weighted by atomic mass is 10.2. The number of ether oxygens (including phenoxy) is 1. The molecule has 0 unspecified atom stereocenters. The minimum atomic E-state index is -3.72. The number of carbonyl (C=O) groups excluding carboxylic acids is 1. The number of sulfonamides is 1. The number of amides is 1. The van der Waals surface area contributed by atoms with Gasteiger partial charge in [0.1, 0.15) is 5.75 Å². The van der Waals surface area contributed by atoms with Crippen LogP contribution in [-0.2, 0) is 10.0 Å². The zero-order valence-corrected chi connectivity index (χ0v) is 19.2. The monoisotopic (exact) mass is 469 g/mol. The van der Waals surface area contributed by atoms with Crippen molar-refractivity contribution in [3.8, 4) is 5.75 Å². The summed E-state index contributed by atoms with van der Waals surface area (Å²) < 4.78 is 33.1. The van der Waals surface area contributed by atoms with E-state index in [0.717, 1.165) is 0 Å². The number of thiocarbonyl (C=S) groups is 1. The number of para-hydroxylation sites is 1. The summed E-state index contributed by atoms with van der Waals surface area (Å²) >= 11 is 5.20. The molecule has 32 heavy (non-hydrogen) atoms. The van der Waals surface area contributed by atoms with Crippen LogP contribution in [0, 0.1) is 0 Å². The van der Waals surface area contributed by atoms with Gasteiger partial charge >= 0.3 is 0 Å². The van der Waals surface area contributed by atoms with Gasteiger partial charge in [-0.15, -0.1) is 0 Å². The fourth-order valence-electron chi connectivity index (χ4n) is 2.76. The highest BCUT2D eigenvalue weighted by atomic mass is 32.2. The number of anilines is 2. The average molecular weight is 470 g/mol. The zero-order chi connectivity index (χ0) is 23.1. The number of carbonyl (C=O) groups is 1. The van der Waals surface area contributed by atoms with E-state index in [0.29, 0.717) is 22.7 Å². The van der Waals surface area contributed by atoms with Gasteiger partial charge < -0.3 is 10.1 Å². The van der Waals surface area contributed by atoms with Crippen molar-refractivity contribution in [2.75, 3.05) is 10.0 Å². The molecule has 0 aliphatic carbocycles. The Labute approximate surface area is 192 Å². The largest absolute Gasteiger partial charge is 0.491 e. The summed E-state index contributed by atoms with van der Waals surface area (Å²) in [6, 6.07) is 21.4. The van der Waals surface area contributed by atoms with E-state index in [2.05, 4.69) is 15.4 Å². The zero-order valence-electron chi connectivity index (χ0n) is 17.5. The predicted molar refractivity (Wildman–Crippen MR) is 130 cm³/mol. The summed E-state index contributed by atoms with van der Waals surface area (Å²) in [5, 5.41) is 5.56. The first-order valence-electron chi connectivity index (χ1n) is 9.80. The molecule has 0 aromatic heterocycles. The molecule has 0 aliphatic heterocycles. The molecule has 0 atom stereocenters. The Morgan fingerprint density at radius 3 is 2.25 bits per heavy atom. The van der Waals surface area contributed by atoms with Crippen LogP contribution in [-0.4, -0.2) is 25.5 Å². The van der Waals surface area contributed by atoms with Gasteiger partial charge in [0.15, 0.2) is 5.11 Å². The molecule has 3 rings (SSSR count). The molecule has 3 aromatic carbocycles. The van der Waals surface area contributed by atoms with E-state index in [1.54, 1.807) is 66.7 Å². The average Bonchev–Trinajstić information content (AvgIpc) is 2.74. The maximum Gasteiger partial charge on any atom is 0.261 e. The van der Waals surface area contributed by atoms with Crippen molar-refractivity contribution >= 4 is 44.6 Å². The van der Waals surface area contributed by atoms with Crippen molar-refractivity contribution in [2.45, 2.75) is 24.8 Å². The summed E-state index contributed by atoms with van der Waals surface area (Å²) in [5.41, 5.74) is 1.41. The van der Waals surface area contributed by atoms with E-state index < -0.39 is 10.0 Å². The van der Waals surface area contributed by atoms with Crippen LogP contribution in [0.3, 0.4) is 0 Å². The second-order valence-electron chi connectivity index (χ2n) is 7.10. The van der Waals surface area contributed by atoms with Crippen LogP contribution >= 0.6 is 12.2 Å². The van der Waals surface area contributed by atoms with E-state index in [1.807, 2.05) is 13.8 Å². The van der Waals surface area contributed by atoms with E-state index in [9.17, 15) is 13.2 Å². The predicted octanol–water partition coefficient (Wildman–Crippen LogP) is 4.40. The third-order valence-electron chi connectivity index (χ3n) is 4.14. The molecular weight excluding hydrogens is 446 g/mol. The van der Waals surface area contributed by atoms with Gasteiger partial charge in [0.2, 0.25) is 0 Å². The Kier molecular flexibility index (Phi) is 7.45. The number of nitrogens with one attached hydrogen (secondary N) is 3. The van der Waals surface area contributed by atoms with E-state index in [1.165, 1.54) is 12.1 Å². The van der Waals surface area contributed by atoms with Gasteiger partial charge in [0.25, 0.3) is 15.9 Å². The summed E-state index contributed by atoms with van der Waals surface area (Å²) in [7, 11) is -3.72. The highest BCUT2D eigenvalue weighted by Gasteiger charge is 2.14. The smallest absolute Gasteiger partial charge is 0.261 e. The third kappa shape index (κ3) is 6.53. The van der Waals surface area contributed by atoms with Crippen LogP contribution in [0.2, 0.25) is 0 Å². The molecule has 0 fully saturated rings. The molecule has 1 amide bonds.